The predicted octanol–water partition coefficient (Wildman–Crippen LogP) is 2.15. The molecule has 0 aromatic carbocycles. The molecule has 56 valence electrons. The van der Waals surface area contributed by atoms with E-state index in [1.165, 1.54) is 12.1 Å². The van der Waals surface area contributed by atoms with E-state index in [4.69, 9.17) is 0 Å². The number of aryl methyl sites for hydroxylation is 1. The quantitative estimate of drug-likeness (QED) is 0.637. The van der Waals surface area contributed by atoms with Gasteiger partial charge in [0.2, 0.25) is 0 Å². The highest BCUT2D eigenvalue weighted by Crippen LogP contribution is 1.95. The van der Waals surface area contributed by atoms with Crippen LogP contribution in [0, 0.1) is 0 Å². The van der Waals surface area contributed by atoms with E-state index >= 15 is 0 Å². The molecule has 1 aromatic heterocycles. The lowest BCUT2D eigenvalue weighted by Crippen LogP contribution is -1.84. The van der Waals surface area contributed by atoms with Crippen molar-refractivity contribution in [3.05, 3.63) is 30.1 Å². The number of hydrogen-bond acceptors (Lipinski definition) is 1. The summed E-state index contributed by atoms with van der Waals surface area (Å²) in [6.07, 6.45) is 4.11. The molecule has 0 aliphatic carbocycles. The van der Waals surface area contributed by atoms with Crippen LogP contribution in [-0.2, 0) is 6.42 Å². The molecule has 0 bridgehead atoms. The number of hydrogen-bond donors (Lipinski definition) is 0. The maximum absolute atomic E-state index is 4.17. The van der Waals surface area contributed by atoms with Crippen molar-refractivity contribution in [1.29, 1.82) is 0 Å². The normalized spacial score (nSPS) is 8.50. The predicted molar refractivity (Wildman–Crippen MR) is 48.6 cm³/mol. The Kier molecular flexibility index (Phi) is 5.03. The summed E-state index contributed by atoms with van der Waals surface area (Å²) < 4.78 is 0. The zero-order valence-electron chi connectivity index (χ0n) is 6.17. The van der Waals surface area contributed by atoms with Crippen LogP contribution in [0.2, 0.25) is 0 Å². The molecule has 0 fully saturated rings. The summed E-state index contributed by atoms with van der Waals surface area (Å²) in [7, 11) is 0. The molecule has 0 saturated carbocycles. The van der Waals surface area contributed by atoms with Crippen LogP contribution in [0.1, 0.15) is 19.0 Å². The molecule has 0 aliphatic heterocycles. The van der Waals surface area contributed by atoms with Crippen LogP contribution >= 0.6 is 13.5 Å². The molecule has 1 heterocycles. The third-order valence-corrected chi connectivity index (χ3v) is 1.23. The standard InChI is InChI=1S/C8H11N.H2S/c1-2-5-8-6-3-4-7-9-8;/h3-4,6-7H,2,5H2,1H3;1H2. The Labute approximate surface area is 68.9 Å². The first-order chi connectivity index (χ1) is 4.43. The Morgan fingerprint density at radius 2 is 2.20 bits per heavy atom. The molecule has 0 atom stereocenters. The van der Waals surface area contributed by atoms with Gasteiger partial charge in [0.05, 0.1) is 0 Å². The molecular weight excluding hydrogens is 142 g/mol. The lowest BCUT2D eigenvalue weighted by Gasteiger charge is -1.92. The Morgan fingerprint density at radius 1 is 1.40 bits per heavy atom. The first-order valence-electron chi connectivity index (χ1n) is 3.33. The second kappa shape index (κ2) is 5.30. The van der Waals surface area contributed by atoms with E-state index in [9.17, 15) is 0 Å². The first-order valence-corrected chi connectivity index (χ1v) is 3.33. The fraction of sp³-hybridized carbons (Fsp3) is 0.375. The highest BCUT2D eigenvalue weighted by molar-refractivity contribution is 7.59. The van der Waals surface area contributed by atoms with Crippen LogP contribution in [0.25, 0.3) is 0 Å². The SMILES string of the molecule is CCCc1ccccn1.S. The molecule has 0 aliphatic rings. The Hall–Kier alpha value is -0.500. The average molecular weight is 155 g/mol. The van der Waals surface area contributed by atoms with Gasteiger partial charge in [0.15, 0.2) is 0 Å². The summed E-state index contributed by atoms with van der Waals surface area (Å²) in [5.74, 6) is 0. The fourth-order valence-electron chi connectivity index (χ4n) is 0.802. The second-order valence-corrected chi connectivity index (χ2v) is 2.07. The van der Waals surface area contributed by atoms with Gasteiger partial charge in [-0.2, -0.15) is 13.5 Å². The van der Waals surface area contributed by atoms with Gasteiger partial charge in [-0.15, -0.1) is 0 Å². The van der Waals surface area contributed by atoms with E-state index in [1.807, 2.05) is 18.3 Å². The van der Waals surface area contributed by atoms with Crippen LogP contribution in [0.3, 0.4) is 0 Å². The van der Waals surface area contributed by atoms with Crippen molar-refractivity contribution in [3.63, 3.8) is 0 Å². The van der Waals surface area contributed by atoms with Crippen molar-refractivity contribution >= 4 is 13.5 Å². The van der Waals surface area contributed by atoms with Crippen LogP contribution in [0.15, 0.2) is 24.4 Å². The number of rotatable bonds is 2. The first kappa shape index (κ1) is 9.50. The molecule has 0 amide bonds. The topological polar surface area (TPSA) is 12.9 Å². The Morgan fingerprint density at radius 3 is 2.70 bits per heavy atom. The number of pyridine rings is 1. The minimum absolute atomic E-state index is 0. The van der Waals surface area contributed by atoms with E-state index in [2.05, 4.69) is 18.0 Å². The zero-order valence-corrected chi connectivity index (χ0v) is 7.17. The van der Waals surface area contributed by atoms with Gasteiger partial charge < -0.3 is 0 Å². The van der Waals surface area contributed by atoms with E-state index in [1.54, 1.807) is 0 Å². The lowest BCUT2D eigenvalue weighted by atomic mass is 10.2. The maximum atomic E-state index is 4.17. The van der Waals surface area contributed by atoms with Crippen molar-refractivity contribution in [3.8, 4) is 0 Å². The van der Waals surface area contributed by atoms with E-state index in [0.29, 0.717) is 0 Å². The van der Waals surface area contributed by atoms with Gasteiger partial charge in [-0.1, -0.05) is 19.4 Å². The van der Waals surface area contributed by atoms with E-state index in [0.717, 1.165) is 6.42 Å². The largest absolute Gasteiger partial charge is 0.261 e. The van der Waals surface area contributed by atoms with Crippen LogP contribution < -0.4 is 0 Å². The number of nitrogens with zero attached hydrogens (tertiary/aromatic N) is 1. The molecule has 2 heteroatoms. The molecular formula is C8H13NS. The molecule has 1 aromatic rings. The van der Waals surface area contributed by atoms with E-state index in [-0.39, 0.29) is 13.5 Å². The summed E-state index contributed by atoms with van der Waals surface area (Å²) in [6, 6.07) is 6.03. The van der Waals surface area contributed by atoms with Crippen molar-refractivity contribution in [1.82, 2.24) is 4.98 Å². The van der Waals surface area contributed by atoms with Crippen LogP contribution in [-0.4, -0.2) is 4.98 Å². The minimum atomic E-state index is 0. The van der Waals surface area contributed by atoms with Gasteiger partial charge in [0.25, 0.3) is 0 Å². The van der Waals surface area contributed by atoms with Crippen molar-refractivity contribution in [2.75, 3.05) is 0 Å². The highest BCUT2D eigenvalue weighted by Gasteiger charge is 1.86. The van der Waals surface area contributed by atoms with Gasteiger partial charge in [0.1, 0.15) is 0 Å². The summed E-state index contributed by atoms with van der Waals surface area (Å²) in [5.41, 5.74) is 1.19. The van der Waals surface area contributed by atoms with Crippen LogP contribution in [0.4, 0.5) is 0 Å². The monoisotopic (exact) mass is 155 g/mol. The average Bonchev–Trinajstić information content (AvgIpc) is 1.91. The summed E-state index contributed by atoms with van der Waals surface area (Å²) in [6.45, 7) is 2.16. The molecule has 0 N–H and O–H groups in total. The molecule has 1 rings (SSSR count). The highest BCUT2D eigenvalue weighted by atomic mass is 32.1. The summed E-state index contributed by atoms with van der Waals surface area (Å²) in [5, 5.41) is 0. The van der Waals surface area contributed by atoms with Crippen molar-refractivity contribution < 1.29 is 0 Å². The van der Waals surface area contributed by atoms with Gasteiger partial charge in [-0.25, -0.2) is 0 Å². The zero-order chi connectivity index (χ0) is 6.53. The molecule has 0 radical (unpaired) electrons. The summed E-state index contributed by atoms with van der Waals surface area (Å²) in [4.78, 5) is 4.17. The van der Waals surface area contributed by atoms with Gasteiger partial charge in [-0.3, -0.25) is 4.98 Å². The molecule has 0 saturated heterocycles. The number of aromatic nitrogens is 1. The summed E-state index contributed by atoms with van der Waals surface area (Å²) >= 11 is 0. The van der Waals surface area contributed by atoms with Crippen LogP contribution in [0.5, 0.6) is 0 Å². The fourth-order valence-corrected chi connectivity index (χ4v) is 0.802. The minimum Gasteiger partial charge on any atom is -0.261 e. The van der Waals surface area contributed by atoms with Crippen molar-refractivity contribution in [2.24, 2.45) is 0 Å². The molecule has 0 unspecified atom stereocenters. The van der Waals surface area contributed by atoms with Gasteiger partial charge in [0, 0.05) is 11.9 Å². The molecule has 0 spiro atoms. The Bertz CT molecular complexity index is 162. The molecule has 10 heavy (non-hydrogen) atoms. The third-order valence-electron chi connectivity index (χ3n) is 1.23. The van der Waals surface area contributed by atoms with Gasteiger partial charge in [-0.05, 0) is 18.6 Å². The molecule has 1 nitrogen and oxygen atoms in total. The Balaban J connectivity index is 0.000000810. The second-order valence-electron chi connectivity index (χ2n) is 2.07. The van der Waals surface area contributed by atoms with Crippen molar-refractivity contribution in [2.45, 2.75) is 19.8 Å². The smallest absolute Gasteiger partial charge is 0.0403 e. The third kappa shape index (κ3) is 2.87. The lowest BCUT2D eigenvalue weighted by molar-refractivity contribution is 0.883. The van der Waals surface area contributed by atoms with Gasteiger partial charge >= 0.3 is 0 Å². The van der Waals surface area contributed by atoms with E-state index < -0.39 is 0 Å². The maximum Gasteiger partial charge on any atom is 0.0403 e.